The number of carbonyl (C=O) groups is 1. The van der Waals surface area contributed by atoms with Gasteiger partial charge >= 0.3 is 0 Å². The summed E-state index contributed by atoms with van der Waals surface area (Å²) in [6, 6.07) is 14.9. The van der Waals surface area contributed by atoms with Gasteiger partial charge in [0.1, 0.15) is 0 Å². The van der Waals surface area contributed by atoms with E-state index in [1.807, 2.05) is 32.0 Å². The van der Waals surface area contributed by atoms with Crippen molar-refractivity contribution < 1.29 is 13.2 Å². The second-order valence-corrected chi connectivity index (χ2v) is 11.7. The van der Waals surface area contributed by atoms with Crippen LogP contribution in [0.2, 0.25) is 0 Å². The average molecular weight is 486 g/mol. The Labute approximate surface area is 200 Å². The van der Waals surface area contributed by atoms with E-state index in [1.54, 1.807) is 35.6 Å². The highest BCUT2D eigenvalue weighted by Gasteiger charge is 2.41. The molecule has 1 amide bonds. The lowest BCUT2D eigenvalue weighted by molar-refractivity contribution is -0.131. The Hall–Kier alpha value is -2.29. The van der Waals surface area contributed by atoms with E-state index in [-0.39, 0.29) is 10.8 Å². The molecule has 0 atom stereocenters. The minimum Gasteiger partial charge on any atom is -0.352 e. The lowest BCUT2D eigenvalue weighted by Crippen LogP contribution is -2.40. The van der Waals surface area contributed by atoms with Crippen molar-refractivity contribution in [2.45, 2.75) is 57.4 Å². The summed E-state index contributed by atoms with van der Waals surface area (Å²) >= 11 is 1.67. The molecule has 4 rings (SSSR count). The van der Waals surface area contributed by atoms with Crippen LogP contribution in [0.3, 0.4) is 0 Å². The predicted molar refractivity (Wildman–Crippen MR) is 133 cm³/mol. The van der Waals surface area contributed by atoms with Gasteiger partial charge in [-0.15, -0.1) is 11.3 Å². The van der Waals surface area contributed by atoms with E-state index in [0.717, 1.165) is 46.5 Å². The molecule has 2 aromatic carbocycles. The topological polar surface area (TPSA) is 79.4 Å². The lowest BCUT2D eigenvalue weighted by atomic mass is 9.82. The maximum Gasteiger partial charge on any atom is 0.243 e. The van der Waals surface area contributed by atoms with Crippen LogP contribution in [0.25, 0.3) is 10.2 Å². The van der Waals surface area contributed by atoms with Crippen LogP contribution in [-0.2, 0) is 27.8 Å². The van der Waals surface area contributed by atoms with Crippen molar-refractivity contribution >= 4 is 37.5 Å². The van der Waals surface area contributed by atoms with Gasteiger partial charge in [-0.1, -0.05) is 51.0 Å². The Morgan fingerprint density at radius 1 is 1.06 bits per heavy atom. The second-order valence-electron chi connectivity index (χ2n) is 8.66. The van der Waals surface area contributed by atoms with E-state index in [1.165, 1.54) is 4.31 Å². The van der Waals surface area contributed by atoms with Gasteiger partial charge in [-0.25, -0.2) is 13.4 Å². The number of hydrogen-bond acceptors (Lipinski definition) is 5. The molecule has 1 aliphatic rings. The molecular formula is C25H31N3O3S2. The first-order chi connectivity index (χ1) is 15.9. The Balaban J connectivity index is 1.44. The minimum atomic E-state index is -3.48. The van der Waals surface area contributed by atoms with E-state index in [9.17, 15) is 13.2 Å². The smallest absolute Gasteiger partial charge is 0.243 e. The molecule has 1 heterocycles. The molecule has 1 aromatic heterocycles. The summed E-state index contributed by atoms with van der Waals surface area (Å²) in [5.41, 5.74) is 1.46. The zero-order valence-electron chi connectivity index (χ0n) is 19.2. The molecule has 0 radical (unpaired) electrons. The van der Waals surface area contributed by atoms with E-state index in [0.29, 0.717) is 26.1 Å². The van der Waals surface area contributed by atoms with E-state index in [2.05, 4.69) is 11.4 Å². The molecule has 3 aromatic rings. The monoisotopic (exact) mass is 485 g/mol. The summed E-state index contributed by atoms with van der Waals surface area (Å²) in [4.78, 5) is 18.4. The maximum atomic E-state index is 13.3. The summed E-state index contributed by atoms with van der Waals surface area (Å²) < 4.78 is 27.9. The van der Waals surface area contributed by atoms with Gasteiger partial charge in [0.05, 0.1) is 25.5 Å². The molecule has 176 valence electrons. The van der Waals surface area contributed by atoms with Crippen molar-refractivity contribution in [1.29, 1.82) is 0 Å². The molecule has 0 aliphatic heterocycles. The largest absolute Gasteiger partial charge is 0.352 e. The third-order valence-corrected chi connectivity index (χ3v) is 9.69. The number of rotatable bonds is 9. The van der Waals surface area contributed by atoms with Crippen LogP contribution in [0.5, 0.6) is 0 Å². The van der Waals surface area contributed by atoms with E-state index < -0.39 is 15.4 Å². The highest BCUT2D eigenvalue weighted by molar-refractivity contribution is 7.89. The van der Waals surface area contributed by atoms with Crippen molar-refractivity contribution in [3.63, 3.8) is 0 Å². The zero-order valence-corrected chi connectivity index (χ0v) is 20.8. The van der Waals surface area contributed by atoms with Crippen molar-refractivity contribution in [3.8, 4) is 0 Å². The minimum absolute atomic E-state index is 0.0686. The van der Waals surface area contributed by atoms with E-state index in [4.69, 9.17) is 4.98 Å². The maximum absolute atomic E-state index is 13.3. The van der Waals surface area contributed by atoms with Crippen LogP contribution < -0.4 is 5.32 Å². The fraction of sp³-hybridized carbons (Fsp3) is 0.440. The Morgan fingerprint density at radius 2 is 1.73 bits per heavy atom. The van der Waals surface area contributed by atoms with Gasteiger partial charge in [0.25, 0.3) is 0 Å². The number of hydrogen-bond donors (Lipinski definition) is 1. The average Bonchev–Trinajstić information content (AvgIpc) is 3.45. The van der Waals surface area contributed by atoms with Crippen LogP contribution in [0.15, 0.2) is 53.4 Å². The van der Waals surface area contributed by atoms with Crippen LogP contribution in [0, 0.1) is 5.41 Å². The Kier molecular flexibility index (Phi) is 7.16. The molecule has 1 saturated carbocycles. The molecule has 0 spiro atoms. The first-order valence-electron chi connectivity index (χ1n) is 11.6. The number of sulfonamides is 1. The normalized spacial score (nSPS) is 15.8. The number of benzene rings is 2. The quantitative estimate of drug-likeness (QED) is 0.475. The predicted octanol–water partition coefficient (Wildman–Crippen LogP) is 4.75. The first kappa shape index (κ1) is 23.9. The fourth-order valence-corrected chi connectivity index (χ4v) is 7.25. The molecular weight excluding hydrogens is 454 g/mol. The number of thiazole rings is 1. The summed E-state index contributed by atoms with van der Waals surface area (Å²) in [5.74, 6) is 0.0686. The van der Waals surface area contributed by atoms with Gasteiger partial charge in [-0.05, 0) is 42.7 Å². The molecule has 1 aliphatic carbocycles. The number of para-hydroxylation sites is 1. The highest BCUT2D eigenvalue weighted by atomic mass is 32.2. The Bertz CT molecular complexity index is 1180. The summed E-state index contributed by atoms with van der Waals surface area (Å²) in [6.07, 6.45) is 4.51. The van der Waals surface area contributed by atoms with Gasteiger partial charge in [-0.2, -0.15) is 4.31 Å². The third kappa shape index (κ3) is 4.98. The van der Waals surface area contributed by atoms with Crippen molar-refractivity contribution in [3.05, 3.63) is 59.1 Å². The van der Waals surface area contributed by atoms with E-state index >= 15 is 0 Å². The zero-order chi connectivity index (χ0) is 23.5. The van der Waals surface area contributed by atoms with Gasteiger partial charge in [0.15, 0.2) is 0 Å². The van der Waals surface area contributed by atoms with Crippen LogP contribution in [0.4, 0.5) is 0 Å². The molecule has 0 bridgehead atoms. The van der Waals surface area contributed by atoms with Crippen LogP contribution >= 0.6 is 11.3 Å². The summed E-state index contributed by atoms with van der Waals surface area (Å²) in [6.45, 7) is 4.92. The third-order valence-electron chi connectivity index (χ3n) is 6.59. The first-order valence-corrected chi connectivity index (χ1v) is 13.9. The molecule has 0 saturated heterocycles. The van der Waals surface area contributed by atoms with Crippen LogP contribution in [0.1, 0.15) is 50.1 Å². The molecule has 1 fully saturated rings. The summed E-state index contributed by atoms with van der Waals surface area (Å²) in [5, 5.41) is 4.13. The van der Waals surface area contributed by atoms with Gasteiger partial charge < -0.3 is 5.32 Å². The van der Waals surface area contributed by atoms with Crippen LogP contribution in [-0.4, -0.2) is 36.7 Å². The summed E-state index contributed by atoms with van der Waals surface area (Å²) in [7, 11) is -3.48. The fourth-order valence-electron chi connectivity index (χ4n) is 4.68. The number of nitrogens with zero attached hydrogens (tertiary/aromatic N) is 2. The van der Waals surface area contributed by atoms with Crippen molar-refractivity contribution in [1.82, 2.24) is 14.6 Å². The highest BCUT2D eigenvalue weighted by Crippen LogP contribution is 2.42. The number of carbonyl (C=O) groups excluding carboxylic acids is 1. The number of aromatic nitrogens is 1. The van der Waals surface area contributed by atoms with Gasteiger partial charge in [0, 0.05) is 26.1 Å². The van der Waals surface area contributed by atoms with Crippen molar-refractivity contribution in [2.24, 2.45) is 5.41 Å². The Morgan fingerprint density at radius 3 is 2.36 bits per heavy atom. The van der Waals surface area contributed by atoms with Crippen molar-refractivity contribution in [2.75, 3.05) is 13.1 Å². The molecule has 6 nitrogen and oxygen atoms in total. The second kappa shape index (κ2) is 9.91. The number of fused-ring (bicyclic) bond motifs is 1. The SMILES string of the molecule is CCN(CC)S(=O)(=O)c1ccc(CNC(=O)C2(Cc3nc4ccccc4s3)CCCC2)cc1. The molecule has 33 heavy (non-hydrogen) atoms. The van der Waals surface area contributed by atoms with Gasteiger partial charge in [-0.3, -0.25) is 4.79 Å². The molecule has 0 unspecified atom stereocenters. The number of amides is 1. The standard InChI is InChI=1S/C25H31N3O3S2/c1-3-28(4-2)33(30,31)20-13-11-19(12-14-20)18-26-24(29)25(15-7-8-16-25)17-23-27-21-9-5-6-10-22(21)32-23/h5-6,9-14H,3-4,7-8,15-18H2,1-2H3,(H,26,29). The van der Waals surface area contributed by atoms with Gasteiger partial charge in [0.2, 0.25) is 15.9 Å². The molecule has 1 N–H and O–H groups in total. The molecule has 8 heteroatoms. The number of nitrogens with one attached hydrogen (secondary N) is 1. The lowest BCUT2D eigenvalue weighted by Gasteiger charge is -2.27.